The van der Waals surface area contributed by atoms with Crippen LogP contribution in [0.15, 0.2) is 0 Å². The van der Waals surface area contributed by atoms with E-state index in [0.717, 1.165) is 5.75 Å². The van der Waals surface area contributed by atoms with Crippen molar-refractivity contribution < 1.29 is 0 Å². The average molecular weight is 129 g/mol. The Hall–Kier alpha value is 0.350. The highest BCUT2D eigenvalue weighted by molar-refractivity contribution is 7.80. The van der Waals surface area contributed by atoms with E-state index in [2.05, 4.69) is 12.6 Å². The molecule has 0 unspecified atom stereocenters. The Balaban J connectivity index is 2.06. The van der Waals surface area contributed by atoms with E-state index >= 15 is 0 Å². The fraction of sp³-hybridized carbons (Fsp3) is 0.857. The summed E-state index contributed by atoms with van der Waals surface area (Å²) in [5.41, 5.74) is 0. The summed E-state index contributed by atoms with van der Waals surface area (Å²) >= 11 is 4.17. The Morgan fingerprint density at radius 1 is 1.25 bits per heavy atom. The van der Waals surface area contributed by atoms with Crippen molar-refractivity contribution in [3.8, 4) is 0 Å². The lowest BCUT2D eigenvalue weighted by Gasteiger charge is -2.02. The molecule has 1 saturated carbocycles. The normalized spacial score (nSPS) is 22.1. The highest BCUT2D eigenvalue weighted by Gasteiger charge is 2.13. The van der Waals surface area contributed by atoms with E-state index in [1.54, 1.807) is 5.92 Å². The van der Waals surface area contributed by atoms with Crippen molar-refractivity contribution in [1.29, 1.82) is 0 Å². The molecule has 0 amide bonds. The molecule has 1 aliphatic rings. The van der Waals surface area contributed by atoms with E-state index in [1.807, 2.05) is 0 Å². The molecule has 1 rings (SSSR count). The summed E-state index contributed by atoms with van der Waals surface area (Å²) in [6.07, 6.45) is 6.91. The first-order valence-electron chi connectivity index (χ1n) is 3.38. The Labute approximate surface area is 57.1 Å². The smallest absolute Gasteiger partial charge is 0.00924 e. The van der Waals surface area contributed by atoms with E-state index in [-0.39, 0.29) is 0 Å². The summed E-state index contributed by atoms with van der Waals surface area (Å²) in [6, 6.07) is 0. The maximum Gasteiger partial charge on any atom is -0.00924 e. The molecule has 0 atom stereocenters. The Morgan fingerprint density at radius 3 is 2.38 bits per heavy atom. The van der Waals surface area contributed by atoms with Crippen molar-refractivity contribution in [2.45, 2.75) is 32.1 Å². The second-order valence-corrected chi connectivity index (χ2v) is 2.88. The van der Waals surface area contributed by atoms with Gasteiger partial charge in [-0.3, -0.25) is 0 Å². The minimum atomic E-state index is 1.05. The lowest BCUT2D eigenvalue weighted by molar-refractivity contribution is 0.823. The van der Waals surface area contributed by atoms with E-state index in [1.165, 1.54) is 32.1 Å². The van der Waals surface area contributed by atoms with Gasteiger partial charge in [0.2, 0.25) is 0 Å². The molecule has 0 bridgehead atoms. The van der Waals surface area contributed by atoms with Crippen LogP contribution in [-0.2, 0) is 0 Å². The number of hydrogen-bond donors (Lipinski definition) is 1. The van der Waals surface area contributed by atoms with Gasteiger partial charge in [0.05, 0.1) is 0 Å². The average Bonchev–Trinajstić information content (AvgIpc) is 2.19. The molecule has 8 heavy (non-hydrogen) atoms. The van der Waals surface area contributed by atoms with E-state index in [4.69, 9.17) is 0 Å². The Kier molecular flexibility index (Phi) is 2.74. The van der Waals surface area contributed by atoms with Crippen LogP contribution in [0, 0.1) is 5.92 Å². The molecule has 0 aliphatic heterocycles. The van der Waals surface area contributed by atoms with Gasteiger partial charge in [0, 0.05) is 0 Å². The molecule has 0 aromatic rings. The van der Waals surface area contributed by atoms with E-state index in [9.17, 15) is 0 Å². The largest absolute Gasteiger partial charge is 0.179 e. The minimum absolute atomic E-state index is 1.05. The van der Waals surface area contributed by atoms with Crippen LogP contribution >= 0.6 is 12.6 Å². The summed E-state index contributed by atoms with van der Waals surface area (Å²) in [5.74, 6) is 2.80. The number of thiol groups is 1. The third-order valence-corrected chi connectivity index (χ3v) is 2.00. The van der Waals surface area contributed by atoms with E-state index < -0.39 is 0 Å². The third kappa shape index (κ3) is 1.70. The summed E-state index contributed by atoms with van der Waals surface area (Å²) in [4.78, 5) is 0. The highest BCUT2D eigenvalue weighted by atomic mass is 32.1. The van der Waals surface area contributed by atoms with Crippen LogP contribution in [-0.4, -0.2) is 5.75 Å². The predicted octanol–water partition coefficient (Wildman–Crippen LogP) is 2.45. The fourth-order valence-corrected chi connectivity index (χ4v) is 1.60. The van der Waals surface area contributed by atoms with Crippen molar-refractivity contribution >= 4 is 12.6 Å². The van der Waals surface area contributed by atoms with Gasteiger partial charge in [0.25, 0.3) is 0 Å². The standard InChI is InChI=1S/C7H13S/c8-6-5-7-3-1-2-4-7/h8H,1-6H2. The van der Waals surface area contributed by atoms with Crippen molar-refractivity contribution in [3.05, 3.63) is 5.92 Å². The summed E-state index contributed by atoms with van der Waals surface area (Å²) in [7, 11) is 0. The van der Waals surface area contributed by atoms with Gasteiger partial charge in [-0.25, -0.2) is 0 Å². The van der Waals surface area contributed by atoms with Gasteiger partial charge >= 0.3 is 0 Å². The lowest BCUT2D eigenvalue weighted by atomic mass is 10.1. The van der Waals surface area contributed by atoms with Crippen LogP contribution in [0.3, 0.4) is 0 Å². The predicted molar refractivity (Wildman–Crippen MR) is 40.2 cm³/mol. The zero-order valence-corrected chi connectivity index (χ0v) is 6.08. The molecule has 0 heterocycles. The topological polar surface area (TPSA) is 0 Å². The van der Waals surface area contributed by atoms with Crippen molar-refractivity contribution in [3.63, 3.8) is 0 Å². The zero-order valence-electron chi connectivity index (χ0n) is 5.19. The number of hydrogen-bond acceptors (Lipinski definition) is 1. The molecule has 0 aromatic heterocycles. The highest BCUT2D eigenvalue weighted by Crippen LogP contribution is 2.29. The van der Waals surface area contributed by atoms with Gasteiger partial charge in [-0.05, 0) is 30.9 Å². The van der Waals surface area contributed by atoms with Gasteiger partial charge in [-0.1, -0.05) is 12.8 Å². The van der Waals surface area contributed by atoms with Gasteiger partial charge in [-0.2, -0.15) is 12.6 Å². The molecule has 0 N–H and O–H groups in total. The molecule has 0 spiro atoms. The van der Waals surface area contributed by atoms with Gasteiger partial charge < -0.3 is 0 Å². The quantitative estimate of drug-likeness (QED) is 0.544. The van der Waals surface area contributed by atoms with E-state index in [0.29, 0.717) is 0 Å². The van der Waals surface area contributed by atoms with Gasteiger partial charge in [0.15, 0.2) is 0 Å². The molecule has 0 nitrogen and oxygen atoms in total. The first-order chi connectivity index (χ1) is 3.93. The molecule has 1 aliphatic carbocycles. The van der Waals surface area contributed by atoms with Crippen molar-refractivity contribution in [2.75, 3.05) is 5.75 Å². The van der Waals surface area contributed by atoms with Crippen molar-refractivity contribution in [1.82, 2.24) is 0 Å². The van der Waals surface area contributed by atoms with Crippen LogP contribution in [0.1, 0.15) is 32.1 Å². The molecule has 0 aromatic carbocycles. The maximum absolute atomic E-state index is 4.17. The van der Waals surface area contributed by atoms with Gasteiger partial charge in [0.1, 0.15) is 0 Å². The molecule has 1 fully saturated rings. The monoisotopic (exact) mass is 129 g/mol. The van der Waals surface area contributed by atoms with Crippen molar-refractivity contribution in [2.24, 2.45) is 0 Å². The molecular weight excluding hydrogens is 116 g/mol. The fourth-order valence-electron chi connectivity index (χ4n) is 1.28. The summed E-state index contributed by atoms with van der Waals surface area (Å²) < 4.78 is 0. The van der Waals surface area contributed by atoms with Crippen LogP contribution < -0.4 is 0 Å². The zero-order chi connectivity index (χ0) is 5.82. The van der Waals surface area contributed by atoms with Gasteiger partial charge in [-0.15, -0.1) is 0 Å². The Morgan fingerprint density at radius 2 is 1.88 bits per heavy atom. The Bertz CT molecular complexity index is 55.4. The van der Waals surface area contributed by atoms with Crippen LogP contribution in [0.25, 0.3) is 0 Å². The maximum atomic E-state index is 4.17. The lowest BCUT2D eigenvalue weighted by Crippen LogP contribution is -1.89. The molecule has 47 valence electrons. The first-order valence-corrected chi connectivity index (χ1v) is 4.01. The second kappa shape index (κ2) is 3.39. The molecule has 0 saturated heterocycles. The molecular formula is C7H13S. The first kappa shape index (κ1) is 6.47. The van der Waals surface area contributed by atoms with Crippen LogP contribution in [0.5, 0.6) is 0 Å². The third-order valence-electron chi connectivity index (χ3n) is 1.78. The SMILES string of the molecule is SCC[C]1CCCC1. The minimum Gasteiger partial charge on any atom is -0.179 e. The van der Waals surface area contributed by atoms with Crippen LogP contribution in [0.2, 0.25) is 0 Å². The number of rotatable bonds is 2. The summed E-state index contributed by atoms with van der Waals surface area (Å²) in [6.45, 7) is 0. The summed E-state index contributed by atoms with van der Waals surface area (Å²) in [5, 5.41) is 0. The van der Waals surface area contributed by atoms with Crippen LogP contribution in [0.4, 0.5) is 0 Å². The molecule has 1 radical (unpaired) electrons. The second-order valence-electron chi connectivity index (χ2n) is 2.43. The molecule has 1 heteroatoms.